The van der Waals surface area contributed by atoms with Crippen molar-refractivity contribution in [3.8, 4) is 6.07 Å². The molecule has 1 N–H and O–H groups in total. The summed E-state index contributed by atoms with van der Waals surface area (Å²) < 4.78 is 0. The van der Waals surface area contributed by atoms with Crippen LogP contribution in [0.5, 0.6) is 0 Å². The average Bonchev–Trinajstić information content (AvgIpc) is 3.32. The molecule has 2 aliphatic heterocycles. The number of carbonyl (C=O) groups excluding carboxylic acids is 2. The highest BCUT2D eigenvalue weighted by molar-refractivity contribution is 5.79. The number of likely N-dealkylation sites (tertiary alicyclic amines) is 1. The van der Waals surface area contributed by atoms with Gasteiger partial charge in [-0.1, -0.05) is 0 Å². The standard InChI is InChI=1S/C18H29N5O2/c1-18(14-19,15-4-5-15)20-16(24)12-21-8-10-22(11-9-21)13-17(25)23-6-2-3-7-23/h15H,2-13H2,1H3,(H,20,24). The molecule has 0 radical (unpaired) electrons. The van der Waals surface area contributed by atoms with E-state index in [9.17, 15) is 14.9 Å². The van der Waals surface area contributed by atoms with Gasteiger partial charge in [0.15, 0.2) is 0 Å². The molecule has 2 amide bonds. The highest BCUT2D eigenvalue weighted by Crippen LogP contribution is 2.39. The second-order valence-electron chi connectivity index (χ2n) is 7.78. The van der Waals surface area contributed by atoms with Crippen molar-refractivity contribution < 1.29 is 9.59 Å². The van der Waals surface area contributed by atoms with Crippen LogP contribution in [0.3, 0.4) is 0 Å². The summed E-state index contributed by atoms with van der Waals surface area (Å²) in [7, 11) is 0. The van der Waals surface area contributed by atoms with Gasteiger partial charge in [-0.05, 0) is 38.5 Å². The van der Waals surface area contributed by atoms with Gasteiger partial charge in [-0.2, -0.15) is 5.26 Å². The van der Waals surface area contributed by atoms with Crippen molar-refractivity contribution in [3.63, 3.8) is 0 Å². The number of nitrogens with zero attached hydrogens (tertiary/aromatic N) is 4. The minimum atomic E-state index is -0.721. The third-order valence-corrected chi connectivity index (χ3v) is 5.67. The quantitative estimate of drug-likeness (QED) is 0.734. The van der Waals surface area contributed by atoms with Gasteiger partial charge < -0.3 is 10.2 Å². The van der Waals surface area contributed by atoms with Gasteiger partial charge in [0.2, 0.25) is 11.8 Å². The summed E-state index contributed by atoms with van der Waals surface area (Å²) in [6.45, 7) is 7.64. The number of nitrogens with one attached hydrogen (secondary N) is 1. The SMILES string of the molecule is CC(C#N)(NC(=O)CN1CCN(CC(=O)N2CCCC2)CC1)C1CC1. The Morgan fingerprint density at radius 2 is 1.60 bits per heavy atom. The Bertz CT molecular complexity index is 542. The van der Waals surface area contributed by atoms with Crippen LogP contribution in [0.4, 0.5) is 0 Å². The second-order valence-corrected chi connectivity index (χ2v) is 7.78. The first-order valence-electron chi connectivity index (χ1n) is 9.45. The first-order valence-corrected chi connectivity index (χ1v) is 9.45. The molecule has 0 bridgehead atoms. The summed E-state index contributed by atoms with van der Waals surface area (Å²) in [4.78, 5) is 30.7. The van der Waals surface area contributed by atoms with E-state index >= 15 is 0 Å². The fourth-order valence-corrected chi connectivity index (χ4v) is 3.78. The number of carbonyl (C=O) groups is 2. The molecular formula is C18H29N5O2. The van der Waals surface area contributed by atoms with Crippen molar-refractivity contribution in [2.45, 2.75) is 38.1 Å². The van der Waals surface area contributed by atoms with Crippen LogP contribution in [-0.2, 0) is 9.59 Å². The van der Waals surface area contributed by atoms with Crippen LogP contribution in [-0.4, -0.2) is 84.4 Å². The number of piperazine rings is 1. The lowest BCUT2D eigenvalue weighted by atomic mass is 9.98. The van der Waals surface area contributed by atoms with Crippen LogP contribution in [0.25, 0.3) is 0 Å². The molecule has 138 valence electrons. The van der Waals surface area contributed by atoms with E-state index in [-0.39, 0.29) is 11.8 Å². The maximum Gasteiger partial charge on any atom is 0.236 e. The molecule has 1 unspecified atom stereocenters. The van der Waals surface area contributed by atoms with E-state index in [1.807, 2.05) is 11.8 Å². The molecule has 1 aliphatic carbocycles. The highest BCUT2D eigenvalue weighted by Gasteiger charge is 2.43. The lowest BCUT2D eigenvalue weighted by Crippen LogP contribution is -2.54. The van der Waals surface area contributed by atoms with E-state index in [0.29, 0.717) is 19.0 Å². The molecule has 7 heteroatoms. The molecular weight excluding hydrogens is 318 g/mol. The number of hydrogen-bond acceptors (Lipinski definition) is 5. The minimum absolute atomic E-state index is 0.0717. The number of hydrogen-bond donors (Lipinski definition) is 1. The first kappa shape index (κ1) is 18.2. The Labute approximate surface area is 149 Å². The molecule has 1 saturated carbocycles. The van der Waals surface area contributed by atoms with Gasteiger partial charge in [0.05, 0.1) is 19.2 Å². The van der Waals surface area contributed by atoms with Gasteiger partial charge in [0.25, 0.3) is 0 Å². The Balaban J connectivity index is 1.38. The lowest BCUT2D eigenvalue weighted by Gasteiger charge is -2.35. The molecule has 3 aliphatic rings. The zero-order chi connectivity index (χ0) is 17.9. The maximum atomic E-state index is 12.3. The fraction of sp³-hybridized carbons (Fsp3) is 0.833. The monoisotopic (exact) mass is 347 g/mol. The van der Waals surface area contributed by atoms with E-state index in [1.54, 1.807) is 0 Å². The molecule has 2 saturated heterocycles. The van der Waals surface area contributed by atoms with E-state index in [2.05, 4.69) is 21.2 Å². The van der Waals surface area contributed by atoms with Crippen molar-refractivity contribution in [1.82, 2.24) is 20.0 Å². The summed E-state index contributed by atoms with van der Waals surface area (Å²) >= 11 is 0. The third kappa shape index (κ3) is 4.71. The Morgan fingerprint density at radius 3 is 2.12 bits per heavy atom. The lowest BCUT2D eigenvalue weighted by molar-refractivity contribution is -0.132. The summed E-state index contributed by atoms with van der Waals surface area (Å²) in [5.41, 5.74) is -0.721. The van der Waals surface area contributed by atoms with Crippen LogP contribution < -0.4 is 5.32 Å². The van der Waals surface area contributed by atoms with Crippen LogP contribution in [0, 0.1) is 17.2 Å². The number of rotatable bonds is 6. The average molecular weight is 347 g/mol. The predicted octanol–water partition coefficient (Wildman–Crippen LogP) is 0.0349. The maximum absolute atomic E-state index is 12.3. The van der Waals surface area contributed by atoms with E-state index in [0.717, 1.165) is 65.0 Å². The zero-order valence-electron chi connectivity index (χ0n) is 15.2. The molecule has 1 atom stereocenters. The summed E-state index contributed by atoms with van der Waals surface area (Å²) in [5.74, 6) is 0.463. The first-order chi connectivity index (χ1) is 12.0. The number of nitriles is 1. The van der Waals surface area contributed by atoms with E-state index in [4.69, 9.17) is 0 Å². The van der Waals surface area contributed by atoms with Crippen molar-refractivity contribution in [2.24, 2.45) is 5.92 Å². The van der Waals surface area contributed by atoms with E-state index in [1.165, 1.54) is 0 Å². The third-order valence-electron chi connectivity index (χ3n) is 5.67. The van der Waals surface area contributed by atoms with Crippen LogP contribution in [0.15, 0.2) is 0 Å². The zero-order valence-corrected chi connectivity index (χ0v) is 15.2. The topological polar surface area (TPSA) is 79.7 Å². The summed E-state index contributed by atoms with van der Waals surface area (Å²) in [6.07, 6.45) is 4.29. The molecule has 0 aromatic rings. The van der Waals surface area contributed by atoms with Crippen molar-refractivity contribution in [1.29, 1.82) is 5.26 Å². The van der Waals surface area contributed by atoms with Crippen molar-refractivity contribution in [2.75, 3.05) is 52.4 Å². The summed E-state index contributed by atoms with van der Waals surface area (Å²) in [5, 5.41) is 12.3. The van der Waals surface area contributed by atoms with Crippen LogP contribution in [0.2, 0.25) is 0 Å². The Kier molecular flexibility index (Phi) is 5.60. The molecule has 3 fully saturated rings. The van der Waals surface area contributed by atoms with Crippen molar-refractivity contribution >= 4 is 11.8 Å². The van der Waals surface area contributed by atoms with Gasteiger partial charge in [-0.25, -0.2) is 0 Å². The molecule has 0 spiro atoms. The molecule has 0 aromatic heterocycles. The normalized spacial score (nSPS) is 24.6. The van der Waals surface area contributed by atoms with Gasteiger partial charge in [-0.15, -0.1) is 0 Å². The van der Waals surface area contributed by atoms with Gasteiger partial charge in [0, 0.05) is 39.3 Å². The van der Waals surface area contributed by atoms with E-state index < -0.39 is 5.54 Å². The molecule has 2 heterocycles. The largest absolute Gasteiger partial charge is 0.342 e. The fourth-order valence-electron chi connectivity index (χ4n) is 3.78. The van der Waals surface area contributed by atoms with Gasteiger partial charge >= 0.3 is 0 Å². The summed E-state index contributed by atoms with van der Waals surface area (Å²) in [6, 6.07) is 2.26. The minimum Gasteiger partial charge on any atom is -0.342 e. The Hall–Kier alpha value is -1.65. The highest BCUT2D eigenvalue weighted by atomic mass is 16.2. The molecule has 0 aromatic carbocycles. The molecule has 25 heavy (non-hydrogen) atoms. The van der Waals surface area contributed by atoms with Gasteiger partial charge in [-0.3, -0.25) is 19.4 Å². The Morgan fingerprint density at radius 1 is 1.04 bits per heavy atom. The van der Waals surface area contributed by atoms with Crippen LogP contribution in [0.1, 0.15) is 32.6 Å². The second kappa shape index (κ2) is 7.71. The molecule has 7 nitrogen and oxygen atoms in total. The van der Waals surface area contributed by atoms with Crippen molar-refractivity contribution in [3.05, 3.63) is 0 Å². The predicted molar refractivity (Wildman–Crippen MR) is 93.6 cm³/mol. The smallest absolute Gasteiger partial charge is 0.236 e. The van der Waals surface area contributed by atoms with Gasteiger partial charge in [0.1, 0.15) is 5.54 Å². The molecule has 3 rings (SSSR count). The van der Waals surface area contributed by atoms with Crippen LogP contribution >= 0.6 is 0 Å². The number of amides is 2.